The first-order valence-corrected chi connectivity index (χ1v) is 11.0. The number of nitrogens with one attached hydrogen (secondary N) is 1. The maximum atomic E-state index is 13.1. The number of hydrogen-bond donors (Lipinski definition) is 1. The Morgan fingerprint density at radius 2 is 2.06 bits per heavy atom. The first-order valence-electron chi connectivity index (χ1n) is 11.0. The molecule has 0 unspecified atom stereocenters. The second-order valence-corrected chi connectivity index (χ2v) is 8.34. The molecule has 1 saturated heterocycles. The molecular formula is C24H28N4O3. The standard InChI is InChI=1S/C24H28N4O3/c1-30-21-7-6-19(15-22(21)31-14-2-3-17-4-5-17)28-13-12-27(24(28)29)16-18-8-10-25-23-20(18)9-11-26-23/h6-11,15,17H,2-5,12-14,16H2,1H3,(H,25,26). The van der Waals surface area contributed by atoms with Crippen molar-refractivity contribution in [2.75, 3.05) is 31.7 Å². The molecule has 7 nitrogen and oxygen atoms in total. The fraction of sp³-hybridized carbons (Fsp3) is 0.417. The molecule has 3 heterocycles. The lowest BCUT2D eigenvalue weighted by Crippen LogP contribution is -2.31. The molecule has 0 radical (unpaired) electrons. The molecule has 7 heteroatoms. The number of methoxy groups -OCH3 is 1. The number of rotatable bonds is 9. The van der Waals surface area contributed by atoms with Crippen molar-refractivity contribution < 1.29 is 14.3 Å². The lowest BCUT2D eigenvalue weighted by molar-refractivity contribution is 0.219. The third-order valence-corrected chi connectivity index (χ3v) is 6.18. The van der Waals surface area contributed by atoms with Gasteiger partial charge in [-0.1, -0.05) is 12.8 Å². The molecule has 2 aromatic heterocycles. The van der Waals surface area contributed by atoms with Crippen LogP contribution in [0.25, 0.3) is 11.0 Å². The van der Waals surface area contributed by atoms with E-state index in [4.69, 9.17) is 9.47 Å². The van der Waals surface area contributed by atoms with Gasteiger partial charge in [0.05, 0.1) is 13.7 Å². The number of carbonyl (C=O) groups excluding carboxylic acids is 1. The van der Waals surface area contributed by atoms with Crippen LogP contribution in [-0.4, -0.2) is 47.7 Å². The zero-order valence-electron chi connectivity index (χ0n) is 17.8. The van der Waals surface area contributed by atoms with Gasteiger partial charge in [0.15, 0.2) is 11.5 Å². The number of benzene rings is 1. The van der Waals surface area contributed by atoms with E-state index in [1.54, 1.807) is 13.3 Å². The van der Waals surface area contributed by atoms with Gasteiger partial charge in [0, 0.05) is 49.2 Å². The number of nitrogens with zero attached hydrogens (tertiary/aromatic N) is 3. The average molecular weight is 421 g/mol. The maximum Gasteiger partial charge on any atom is 0.324 e. The van der Waals surface area contributed by atoms with Crippen molar-refractivity contribution in [3.05, 3.63) is 48.3 Å². The van der Waals surface area contributed by atoms with Crippen LogP contribution in [0.1, 0.15) is 31.2 Å². The monoisotopic (exact) mass is 420 g/mol. The van der Waals surface area contributed by atoms with Crippen molar-refractivity contribution in [1.82, 2.24) is 14.9 Å². The highest BCUT2D eigenvalue weighted by molar-refractivity contribution is 5.94. The van der Waals surface area contributed by atoms with E-state index in [1.807, 2.05) is 46.3 Å². The van der Waals surface area contributed by atoms with E-state index in [9.17, 15) is 4.79 Å². The number of carbonyl (C=O) groups is 1. The second-order valence-electron chi connectivity index (χ2n) is 8.34. The lowest BCUT2D eigenvalue weighted by Gasteiger charge is -2.20. The first kappa shape index (κ1) is 19.7. The molecule has 3 aromatic rings. The van der Waals surface area contributed by atoms with Crippen LogP contribution in [0.3, 0.4) is 0 Å². The van der Waals surface area contributed by atoms with E-state index in [-0.39, 0.29) is 6.03 Å². The summed E-state index contributed by atoms with van der Waals surface area (Å²) >= 11 is 0. The van der Waals surface area contributed by atoms with E-state index in [1.165, 1.54) is 19.3 Å². The highest BCUT2D eigenvalue weighted by Gasteiger charge is 2.30. The van der Waals surface area contributed by atoms with Gasteiger partial charge in [0.1, 0.15) is 5.65 Å². The van der Waals surface area contributed by atoms with Crippen LogP contribution in [-0.2, 0) is 6.54 Å². The number of aromatic nitrogens is 2. The van der Waals surface area contributed by atoms with Crippen LogP contribution in [0.4, 0.5) is 10.5 Å². The fourth-order valence-corrected chi connectivity index (χ4v) is 4.24. The van der Waals surface area contributed by atoms with Crippen LogP contribution in [0, 0.1) is 5.92 Å². The number of H-pyrrole nitrogens is 1. The second kappa shape index (κ2) is 8.49. The van der Waals surface area contributed by atoms with Crippen LogP contribution in [0.5, 0.6) is 11.5 Å². The maximum absolute atomic E-state index is 13.1. The molecule has 1 aromatic carbocycles. The molecule has 0 atom stereocenters. The molecule has 1 aliphatic heterocycles. The predicted molar refractivity (Wildman–Crippen MR) is 120 cm³/mol. The normalized spacial score (nSPS) is 16.4. The van der Waals surface area contributed by atoms with E-state index in [0.717, 1.165) is 34.6 Å². The van der Waals surface area contributed by atoms with Crippen molar-refractivity contribution in [3.8, 4) is 11.5 Å². The van der Waals surface area contributed by atoms with Gasteiger partial charge in [0.25, 0.3) is 0 Å². The Bertz CT molecular complexity index is 1080. The molecule has 0 spiro atoms. The van der Waals surface area contributed by atoms with E-state index in [0.29, 0.717) is 37.7 Å². The van der Waals surface area contributed by atoms with E-state index in [2.05, 4.69) is 9.97 Å². The van der Waals surface area contributed by atoms with Crippen LogP contribution >= 0.6 is 0 Å². The molecule has 2 fully saturated rings. The van der Waals surface area contributed by atoms with Crippen LogP contribution < -0.4 is 14.4 Å². The summed E-state index contributed by atoms with van der Waals surface area (Å²) in [6, 6.07) is 9.72. The predicted octanol–water partition coefficient (Wildman–Crippen LogP) is 4.58. The Morgan fingerprint density at radius 3 is 2.90 bits per heavy atom. The molecule has 1 saturated carbocycles. The number of fused-ring (bicyclic) bond motifs is 1. The Balaban J connectivity index is 1.28. The first-order chi connectivity index (χ1) is 15.2. The van der Waals surface area contributed by atoms with E-state index >= 15 is 0 Å². The summed E-state index contributed by atoms with van der Waals surface area (Å²) in [6.45, 7) is 2.56. The number of amides is 2. The minimum Gasteiger partial charge on any atom is -0.493 e. The number of ether oxygens (including phenoxy) is 2. The smallest absolute Gasteiger partial charge is 0.324 e. The van der Waals surface area contributed by atoms with Crippen LogP contribution in [0.2, 0.25) is 0 Å². The highest BCUT2D eigenvalue weighted by atomic mass is 16.5. The topological polar surface area (TPSA) is 70.7 Å². The van der Waals surface area contributed by atoms with Gasteiger partial charge in [-0.2, -0.15) is 0 Å². The lowest BCUT2D eigenvalue weighted by atomic mass is 10.2. The summed E-state index contributed by atoms with van der Waals surface area (Å²) in [6.07, 6.45) is 8.66. The molecule has 1 N–H and O–H groups in total. The van der Waals surface area contributed by atoms with E-state index < -0.39 is 0 Å². The van der Waals surface area contributed by atoms with Crippen molar-refractivity contribution in [2.24, 2.45) is 5.92 Å². The van der Waals surface area contributed by atoms with Crippen molar-refractivity contribution in [2.45, 2.75) is 32.2 Å². The SMILES string of the molecule is COc1ccc(N2CCN(Cc3ccnc4[nH]ccc34)C2=O)cc1OCCCC1CC1. The zero-order chi connectivity index (χ0) is 21.2. The molecule has 2 amide bonds. The molecule has 2 aliphatic rings. The summed E-state index contributed by atoms with van der Waals surface area (Å²) < 4.78 is 11.5. The summed E-state index contributed by atoms with van der Waals surface area (Å²) in [5, 5.41) is 1.06. The number of aromatic amines is 1. The summed E-state index contributed by atoms with van der Waals surface area (Å²) in [5.74, 6) is 2.30. The minimum atomic E-state index is 0.00495. The highest BCUT2D eigenvalue weighted by Crippen LogP contribution is 2.35. The third-order valence-electron chi connectivity index (χ3n) is 6.18. The van der Waals surface area contributed by atoms with Crippen molar-refractivity contribution >= 4 is 22.8 Å². The Hall–Kier alpha value is -3.22. The summed E-state index contributed by atoms with van der Waals surface area (Å²) in [7, 11) is 1.64. The quantitative estimate of drug-likeness (QED) is 0.514. The number of hydrogen-bond acceptors (Lipinski definition) is 4. The Labute approximate surface area is 182 Å². The molecule has 0 bridgehead atoms. The zero-order valence-corrected chi connectivity index (χ0v) is 17.8. The fourth-order valence-electron chi connectivity index (χ4n) is 4.24. The van der Waals surface area contributed by atoms with Gasteiger partial charge in [-0.3, -0.25) is 4.90 Å². The largest absolute Gasteiger partial charge is 0.493 e. The molecule has 162 valence electrons. The van der Waals surface area contributed by atoms with Gasteiger partial charge in [0.2, 0.25) is 0 Å². The molecule has 5 rings (SSSR count). The third kappa shape index (κ3) is 4.17. The Kier molecular flexibility index (Phi) is 5.40. The molecular weight excluding hydrogens is 392 g/mol. The van der Waals surface area contributed by atoms with Gasteiger partial charge in [-0.25, -0.2) is 9.78 Å². The van der Waals surface area contributed by atoms with Gasteiger partial charge in [-0.15, -0.1) is 0 Å². The van der Waals surface area contributed by atoms with Crippen molar-refractivity contribution in [3.63, 3.8) is 0 Å². The summed E-state index contributed by atoms with van der Waals surface area (Å²) in [4.78, 5) is 24.3. The summed E-state index contributed by atoms with van der Waals surface area (Å²) in [5.41, 5.74) is 2.78. The molecule has 31 heavy (non-hydrogen) atoms. The van der Waals surface area contributed by atoms with Gasteiger partial charge < -0.3 is 19.4 Å². The Morgan fingerprint density at radius 1 is 1.16 bits per heavy atom. The van der Waals surface area contributed by atoms with Gasteiger partial charge in [-0.05, 0) is 48.6 Å². The number of urea groups is 1. The minimum absolute atomic E-state index is 0.00495. The number of pyridine rings is 1. The average Bonchev–Trinajstić information content (AvgIpc) is 3.36. The number of anilines is 1. The van der Waals surface area contributed by atoms with Crippen LogP contribution in [0.15, 0.2) is 42.7 Å². The van der Waals surface area contributed by atoms with Gasteiger partial charge >= 0.3 is 6.03 Å². The van der Waals surface area contributed by atoms with Crippen molar-refractivity contribution in [1.29, 1.82) is 0 Å². The molecule has 1 aliphatic carbocycles.